The molecule has 8 heteroatoms. The van der Waals surface area contributed by atoms with Crippen molar-refractivity contribution in [3.05, 3.63) is 21.7 Å². The number of hydrogen-bond donors (Lipinski definition) is 1. The Morgan fingerprint density at radius 2 is 2.47 bits per heavy atom. The van der Waals surface area contributed by atoms with Crippen molar-refractivity contribution in [3.63, 3.8) is 0 Å². The van der Waals surface area contributed by atoms with Crippen LogP contribution in [0.25, 0.3) is 4.96 Å². The Kier molecular flexibility index (Phi) is 2.90. The first-order chi connectivity index (χ1) is 9.13. The first-order valence-corrected chi connectivity index (χ1v) is 7.04. The molecule has 0 aromatic carbocycles. The minimum absolute atomic E-state index is 0.0258. The van der Waals surface area contributed by atoms with E-state index in [9.17, 15) is 10.1 Å². The first kappa shape index (κ1) is 12.4. The summed E-state index contributed by atoms with van der Waals surface area (Å²) in [6, 6.07) is 0.128. The number of hydrogen-bond acceptors (Lipinski definition) is 6. The molecule has 1 aliphatic carbocycles. The maximum atomic E-state index is 11.3. The van der Waals surface area contributed by atoms with Gasteiger partial charge in [-0.25, -0.2) is 0 Å². The normalized spacial score (nSPS) is 16.7. The number of fused-ring (bicyclic) bond motifs is 1. The highest BCUT2D eigenvalue weighted by molar-refractivity contribution is 7.15. The van der Waals surface area contributed by atoms with Crippen LogP contribution in [-0.2, 0) is 0 Å². The zero-order valence-corrected chi connectivity index (χ0v) is 11.3. The van der Waals surface area contributed by atoms with E-state index in [1.54, 1.807) is 11.6 Å². The van der Waals surface area contributed by atoms with Crippen LogP contribution < -0.4 is 10.6 Å². The van der Waals surface area contributed by atoms with E-state index in [0.717, 1.165) is 12.8 Å². The van der Waals surface area contributed by atoms with E-state index in [2.05, 4.69) is 4.98 Å². The third-order valence-electron chi connectivity index (χ3n) is 3.63. The van der Waals surface area contributed by atoms with Crippen LogP contribution >= 0.6 is 11.3 Å². The summed E-state index contributed by atoms with van der Waals surface area (Å²) in [5.41, 5.74) is 5.80. The molecule has 102 valence electrons. The molecule has 7 nitrogen and oxygen atoms in total. The number of thiazole rings is 1. The Balaban J connectivity index is 2.05. The quantitative estimate of drug-likeness (QED) is 0.662. The largest absolute Gasteiger partial charge is 0.373 e. The average molecular weight is 281 g/mol. The van der Waals surface area contributed by atoms with Gasteiger partial charge in [0, 0.05) is 25.0 Å². The summed E-state index contributed by atoms with van der Waals surface area (Å²) in [5, 5.41) is 13.1. The smallest absolute Gasteiger partial charge is 0.358 e. The fourth-order valence-corrected chi connectivity index (χ4v) is 3.18. The number of nitrogens with zero attached hydrogens (tertiary/aromatic N) is 4. The molecule has 1 atom stereocenters. The van der Waals surface area contributed by atoms with E-state index in [0.29, 0.717) is 23.2 Å². The molecule has 2 aromatic heterocycles. The summed E-state index contributed by atoms with van der Waals surface area (Å²) in [6.45, 7) is 0.490. The van der Waals surface area contributed by atoms with Gasteiger partial charge in [0.25, 0.3) is 4.96 Å². The van der Waals surface area contributed by atoms with Crippen LogP contribution in [0.5, 0.6) is 0 Å². The number of imidazole rings is 1. The number of aromatic nitrogens is 2. The van der Waals surface area contributed by atoms with Crippen LogP contribution in [0, 0.1) is 16.0 Å². The van der Waals surface area contributed by atoms with E-state index in [1.165, 1.54) is 15.7 Å². The fraction of sp³-hybridized carbons (Fsp3) is 0.545. The van der Waals surface area contributed by atoms with Gasteiger partial charge in [0.05, 0.1) is 0 Å². The van der Waals surface area contributed by atoms with Crippen molar-refractivity contribution in [1.29, 1.82) is 0 Å². The Labute approximate surface area is 113 Å². The maximum Gasteiger partial charge on any atom is 0.373 e. The summed E-state index contributed by atoms with van der Waals surface area (Å²) < 4.78 is 1.52. The van der Waals surface area contributed by atoms with Crippen molar-refractivity contribution in [2.24, 2.45) is 11.7 Å². The molecule has 0 amide bonds. The number of anilines is 1. The number of nitrogens with two attached hydrogens (primary N) is 1. The Hall–Kier alpha value is -1.67. The van der Waals surface area contributed by atoms with Crippen LogP contribution in [0.15, 0.2) is 11.6 Å². The molecule has 2 N–H and O–H groups in total. The van der Waals surface area contributed by atoms with Gasteiger partial charge in [-0.3, -0.25) is 0 Å². The van der Waals surface area contributed by atoms with Gasteiger partial charge in [0.15, 0.2) is 0 Å². The lowest BCUT2D eigenvalue weighted by atomic mass is 10.1. The van der Waals surface area contributed by atoms with E-state index in [1.807, 2.05) is 11.9 Å². The molecule has 1 aliphatic rings. The molecule has 2 aromatic rings. The number of nitro groups is 1. The molecule has 1 unspecified atom stereocenters. The Morgan fingerprint density at radius 1 is 1.74 bits per heavy atom. The third kappa shape index (κ3) is 1.96. The lowest BCUT2D eigenvalue weighted by Gasteiger charge is -2.26. The van der Waals surface area contributed by atoms with Crippen molar-refractivity contribution in [2.45, 2.75) is 18.9 Å². The fourth-order valence-electron chi connectivity index (χ4n) is 2.47. The van der Waals surface area contributed by atoms with Crippen LogP contribution in [0.2, 0.25) is 0 Å². The highest BCUT2D eigenvalue weighted by Gasteiger charge is 2.37. The summed E-state index contributed by atoms with van der Waals surface area (Å²) in [7, 11) is 1.84. The molecular weight excluding hydrogens is 266 g/mol. The molecule has 2 heterocycles. The predicted molar refractivity (Wildman–Crippen MR) is 73.7 cm³/mol. The molecule has 3 rings (SSSR count). The van der Waals surface area contributed by atoms with Crippen molar-refractivity contribution >= 4 is 27.9 Å². The van der Waals surface area contributed by atoms with E-state index in [4.69, 9.17) is 5.73 Å². The molecular formula is C11H15N5O2S. The van der Waals surface area contributed by atoms with Gasteiger partial charge in [-0.1, -0.05) is 11.3 Å². The molecule has 0 spiro atoms. The SMILES string of the molecule is CN(c1nc2sccn2c1[N+](=O)[O-])C(CN)C1CC1. The highest BCUT2D eigenvalue weighted by atomic mass is 32.1. The summed E-state index contributed by atoms with van der Waals surface area (Å²) in [4.78, 5) is 17.8. The van der Waals surface area contributed by atoms with Crippen LogP contribution in [0.3, 0.4) is 0 Å². The number of rotatable bonds is 5. The lowest BCUT2D eigenvalue weighted by Crippen LogP contribution is -2.40. The van der Waals surface area contributed by atoms with Crippen molar-refractivity contribution in [3.8, 4) is 0 Å². The second-order valence-corrected chi connectivity index (χ2v) is 5.70. The Morgan fingerprint density at radius 3 is 3.05 bits per heavy atom. The maximum absolute atomic E-state index is 11.3. The first-order valence-electron chi connectivity index (χ1n) is 6.16. The topological polar surface area (TPSA) is 89.7 Å². The highest BCUT2D eigenvalue weighted by Crippen LogP contribution is 2.38. The minimum Gasteiger partial charge on any atom is -0.358 e. The molecule has 1 saturated carbocycles. The van der Waals surface area contributed by atoms with Crippen molar-refractivity contribution < 1.29 is 4.92 Å². The van der Waals surface area contributed by atoms with Gasteiger partial charge in [0.2, 0.25) is 5.82 Å². The van der Waals surface area contributed by atoms with Gasteiger partial charge in [0.1, 0.15) is 6.20 Å². The molecule has 0 aliphatic heterocycles. The van der Waals surface area contributed by atoms with Gasteiger partial charge >= 0.3 is 5.82 Å². The molecule has 0 saturated heterocycles. The van der Waals surface area contributed by atoms with Gasteiger partial charge in [-0.05, 0) is 23.7 Å². The summed E-state index contributed by atoms with van der Waals surface area (Å²) in [5.74, 6) is 0.978. The number of likely N-dealkylation sites (N-methyl/N-ethyl adjacent to an activating group) is 1. The van der Waals surface area contributed by atoms with Crippen molar-refractivity contribution in [1.82, 2.24) is 9.38 Å². The van der Waals surface area contributed by atoms with Crippen LogP contribution in [0.4, 0.5) is 11.6 Å². The lowest BCUT2D eigenvalue weighted by molar-refractivity contribution is -0.389. The van der Waals surface area contributed by atoms with Gasteiger partial charge in [-0.2, -0.15) is 9.38 Å². The predicted octanol–water partition coefficient (Wildman–Crippen LogP) is 1.48. The zero-order valence-electron chi connectivity index (χ0n) is 10.5. The van der Waals surface area contributed by atoms with Gasteiger partial charge < -0.3 is 20.7 Å². The molecule has 0 radical (unpaired) electrons. The second-order valence-electron chi connectivity index (χ2n) is 4.82. The minimum atomic E-state index is -0.376. The van der Waals surface area contributed by atoms with E-state index < -0.39 is 0 Å². The van der Waals surface area contributed by atoms with E-state index >= 15 is 0 Å². The second kappa shape index (κ2) is 4.46. The van der Waals surface area contributed by atoms with Crippen molar-refractivity contribution in [2.75, 3.05) is 18.5 Å². The molecule has 0 bridgehead atoms. The van der Waals surface area contributed by atoms with E-state index in [-0.39, 0.29) is 16.8 Å². The molecule has 19 heavy (non-hydrogen) atoms. The standard InChI is InChI=1S/C11H15N5O2S/c1-14(8(6-12)7-2-3-7)9-10(16(17)18)15-4-5-19-11(15)13-9/h4-5,7-8H,2-3,6,12H2,1H3. The Bertz CT molecular complexity index is 618. The van der Waals surface area contributed by atoms with Crippen LogP contribution in [-0.4, -0.2) is 33.9 Å². The summed E-state index contributed by atoms with van der Waals surface area (Å²) >= 11 is 1.39. The summed E-state index contributed by atoms with van der Waals surface area (Å²) in [6.07, 6.45) is 3.96. The average Bonchev–Trinajstić information content (AvgIpc) is 2.98. The zero-order chi connectivity index (χ0) is 13.6. The van der Waals surface area contributed by atoms with Crippen LogP contribution in [0.1, 0.15) is 12.8 Å². The monoisotopic (exact) mass is 281 g/mol. The van der Waals surface area contributed by atoms with Gasteiger partial charge in [-0.15, -0.1) is 0 Å². The third-order valence-corrected chi connectivity index (χ3v) is 4.39. The molecule has 1 fully saturated rings.